The Labute approximate surface area is 126 Å². The summed E-state index contributed by atoms with van der Waals surface area (Å²) in [5.74, 6) is 0.614. The van der Waals surface area contributed by atoms with Crippen LogP contribution < -0.4 is 4.74 Å². The predicted octanol–water partition coefficient (Wildman–Crippen LogP) is 2.33. The van der Waals surface area contributed by atoms with E-state index in [0.717, 1.165) is 0 Å². The number of nitrogens with zero attached hydrogens (tertiary/aromatic N) is 2. The number of hydrogen-bond acceptors (Lipinski definition) is 4. The van der Waals surface area contributed by atoms with Crippen LogP contribution in [-0.4, -0.2) is 48.0 Å². The number of aliphatic hydroxyl groups is 1. The van der Waals surface area contributed by atoms with Gasteiger partial charge >= 0.3 is 6.18 Å². The number of piperidine rings is 1. The summed E-state index contributed by atoms with van der Waals surface area (Å²) in [5.41, 5.74) is -2.02. The van der Waals surface area contributed by atoms with E-state index >= 15 is 0 Å². The van der Waals surface area contributed by atoms with Crippen LogP contribution >= 0.6 is 0 Å². The lowest BCUT2D eigenvalue weighted by Gasteiger charge is -2.39. The molecule has 1 aromatic carbocycles. The number of likely N-dealkylation sites (tertiary alicyclic amines) is 1. The van der Waals surface area contributed by atoms with Crippen molar-refractivity contribution in [1.82, 2.24) is 4.90 Å². The molecule has 0 atom stereocenters. The molecule has 0 bridgehead atoms. The van der Waals surface area contributed by atoms with Crippen LogP contribution in [0, 0.1) is 11.3 Å². The highest BCUT2D eigenvalue weighted by atomic mass is 19.4. The number of benzene rings is 1. The minimum Gasteiger partial charge on any atom is -0.492 e. The molecule has 0 radical (unpaired) electrons. The number of hydrogen-bond donors (Lipinski definition) is 1. The zero-order chi connectivity index (χ0) is 16.2. The van der Waals surface area contributed by atoms with Crippen LogP contribution in [0.1, 0.15) is 18.4 Å². The van der Waals surface area contributed by atoms with Gasteiger partial charge in [-0.15, -0.1) is 0 Å². The van der Waals surface area contributed by atoms with Crippen molar-refractivity contribution < 1.29 is 23.0 Å². The van der Waals surface area contributed by atoms with Crippen LogP contribution in [0.15, 0.2) is 24.3 Å². The molecule has 0 amide bonds. The molecule has 0 unspecified atom stereocenters. The van der Waals surface area contributed by atoms with E-state index in [1.165, 1.54) is 0 Å². The fourth-order valence-corrected chi connectivity index (χ4v) is 2.35. The SMILES string of the molecule is N#Cc1ccc(OCCN2CCC(O)(C(F)(F)F)CC2)cc1. The van der Waals surface area contributed by atoms with Crippen LogP contribution in [0.4, 0.5) is 13.2 Å². The van der Waals surface area contributed by atoms with E-state index in [4.69, 9.17) is 10.00 Å². The average Bonchev–Trinajstić information content (AvgIpc) is 2.49. The van der Waals surface area contributed by atoms with Gasteiger partial charge < -0.3 is 9.84 Å². The number of rotatable bonds is 4. The lowest BCUT2D eigenvalue weighted by molar-refractivity contribution is -0.272. The fourth-order valence-electron chi connectivity index (χ4n) is 2.35. The van der Waals surface area contributed by atoms with Gasteiger partial charge in [-0.2, -0.15) is 18.4 Å². The van der Waals surface area contributed by atoms with Crippen LogP contribution in [-0.2, 0) is 0 Å². The molecule has 2 rings (SSSR count). The molecule has 4 nitrogen and oxygen atoms in total. The molecule has 1 aliphatic heterocycles. The molecule has 1 heterocycles. The highest BCUT2D eigenvalue weighted by molar-refractivity contribution is 5.34. The summed E-state index contributed by atoms with van der Waals surface area (Å²) in [6, 6.07) is 8.64. The van der Waals surface area contributed by atoms with E-state index in [-0.39, 0.29) is 25.9 Å². The van der Waals surface area contributed by atoms with E-state index < -0.39 is 11.8 Å². The van der Waals surface area contributed by atoms with Crippen molar-refractivity contribution in [3.63, 3.8) is 0 Å². The summed E-state index contributed by atoms with van der Waals surface area (Å²) in [4.78, 5) is 1.84. The normalized spacial score (nSPS) is 18.7. The Morgan fingerprint density at radius 1 is 1.23 bits per heavy atom. The maximum atomic E-state index is 12.7. The van der Waals surface area contributed by atoms with Gasteiger partial charge in [-0.3, -0.25) is 4.90 Å². The van der Waals surface area contributed by atoms with Gasteiger partial charge in [-0.25, -0.2) is 0 Å². The fraction of sp³-hybridized carbons (Fsp3) is 0.533. The quantitative estimate of drug-likeness (QED) is 0.927. The van der Waals surface area contributed by atoms with Gasteiger partial charge in [-0.1, -0.05) is 0 Å². The van der Waals surface area contributed by atoms with Gasteiger partial charge in [0, 0.05) is 19.6 Å². The third-order valence-corrected chi connectivity index (χ3v) is 3.87. The maximum Gasteiger partial charge on any atom is 0.417 e. The van der Waals surface area contributed by atoms with Crippen LogP contribution in [0.5, 0.6) is 5.75 Å². The molecular formula is C15H17F3N2O2. The molecule has 7 heteroatoms. The van der Waals surface area contributed by atoms with Gasteiger partial charge in [-0.05, 0) is 37.1 Å². The largest absolute Gasteiger partial charge is 0.492 e. The molecule has 0 spiro atoms. The van der Waals surface area contributed by atoms with Crippen LogP contribution in [0.25, 0.3) is 0 Å². The first kappa shape index (κ1) is 16.6. The highest BCUT2D eigenvalue weighted by Crippen LogP contribution is 2.38. The molecule has 1 fully saturated rings. The van der Waals surface area contributed by atoms with E-state index in [1.807, 2.05) is 11.0 Å². The first-order valence-electron chi connectivity index (χ1n) is 6.98. The highest BCUT2D eigenvalue weighted by Gasteiger charge is 2.54. The molecule has 0 saturated carbocycles. The van der Waals surface area contributed by atoms with Gasteiger partial charge in [0.15, 0.2) is 5.60 Å². The van der Waals surface area contributed by atoms with Crippen molar-refractivity contribution in [3.05, 3.63) is 29.8 Å². The van der Waals surface area contributed by atoms with Crippen LogP contribution in [0.3, 0.4) is 0 Å². The zero-order valence-corrected chi connectivity index (χ0v) is 11.9. The maximum absolute atomic E-state index is 12.7. The Hall–Kier alpha value is -1.78. The van der Waals surface area contributed by atoms with E-state index in [2.05, 4.69) is 0 Å². The second-order valence-corrected chi connectivity index (χ2v) is 5.36. The smallest absolute Gasteiger partial charge is 0.417 e. The molecule has 1 N–H and O–H groups in total. The summed E-state index contributed by atoms with van der Waals surface area (Å²) in [5, 5.41) is 18.2. The summed E-state index contributed by atoms with van der Waals surface area (Å²) in [6.45, 7) is 1.21. The molecule has 1 aliphatic rings. The average molecular weight is 314 g/mol. The minimum absolute atomic E-state index is 0.187. The summed E-state index contributed by atoms with van der Waals surface area (Å²) in [7, 11) is 0. The Bertz CT molecular complexity index is 529. The lowest BCUT2D eigenvalue weighted by Crippen LogP contribution is -2.53. The standard InChI is InChI=1S/C15H17F3N2O2/c16-15(17,18)14(21)5-7-20(8-6-14)9-10-22-13-3-1-12(11-19)2-4-13/h1-4,21H,5-10H2. The topological polar surface area (TPSA) is 56.5 Å². The van der Waals surface area contributed by atoms with Gasteiger partial charge in [0.2, 0.25) is 0 Å². The summed E-state index contributed by atoms with van der Waals surface area (Å²) < 4.78 is 43.5. The summed E-state index contributed by atoms with van der Waals surface area (Å²) >= 11 is 0. The van der Waals surface area contributed by atoms with Gasteiger partial charge in [0.05, 0.1) is 11.6 Å². The van der Waals surface area contributed by atoms with E-state index in [9.17, 15) is 18.3 Å². The molecule has 22 heavy (non-hydrogen) atoms. The molecule has 1 aromatic rings. The predicted molar refractivity (Wildman–Crippen MR) is 73.3 cm³/mol. The van der Waals surface area contributed by atoms with Gasteiger partial charge in [0.25, 0.3) is 0 Å². The Morgan fingerprint density at radius 2 is 1.82 bits per heavy atom. The lowest BCUT2D eigenvalue weighted by atomic mass is 9.91. The molecule has 120 valence electrons. The molecule has 1 saturated heterocycles. The summed E-state index contributed by atoms with van der Waals surface area (Å²) in [6.07, 6.45) is -5.20. The third kappa shape index (κ3) is 3.90. The number of halogens is 3. The van der Waals surface area contributed by atoms with Crippen molar-refractivity contribution >= 4 is 0 Å². The van der Waals surface area contributed by atoms with Crippen molar-refractivity contribution in [2.45, 2.75) is 24.6 Å². The van der Waals surface area contributed by atoms with Gasteiger partial charge in [0.1, 0.15) is 12.4 Å². The third-order valence-electron chi connectivity index (χ3n) is 3.87. The number of alkyl halides is 3. The van der Waals surface area contributed by atoms with Crippen molar-refractivity contribution in [1.29, 1.82) is 5.26 Å². The number of ether oxygens (including phenoxy) is 1. The molecular weight excluding hydrogens is 297 g/mol. The van der Waals surface area contributed by atoms with Crippen molar-refractivity contribution in [3.8, 4) is 11.8 Å². The first-order valence-corrected chi connectivity index (χ1v) is 6.98. The van der Waals surface area contributed by atoms with Crippen molar-refractivity contribution in [2.75, 3.05) is 26.2 Å². The minimum atomic E-state index is -4.57. The monoisotopic (exact) mass is 314 g/mol. The second-order valence-electron chi connectivity index (χ2n) is 5.36. The molecule has 0 aliphatic carbocycles. The molecule has 0 aromatic heterocycles. The first-order chi connectivity index (χ1) is 10.3. The van der Waals surface area contributed by atoms with E-state index in [1.54, 1.807) is 24.3 Å². The van der Waals surface area contributed by atoms with E-state index in [0.29, 0.717) is 24.5 Å². The van der Waals surface area contributed by atoms with Crippen molar-refractivity contribution in [2.24, 2.45) is 0 Å². The second kappa shape index (κ2) is 6.55. The Kier molecular flexibility index (Phi) is 4.94. The Balaban J connectivity index is 1.74. The van der Waals surface area contributed by atoms with Crippen LogP contribution in [0.2, 0.25) is 0 Å². The Morgan fingerprint density at radius 3 is 2.32 bits per heavy atom. The number of nitriles is 1. The zero-order valence-electron chi connectivity index (χ0n) is 11.9.